The molecule has 2 aromatic rings. The molecule has 3 N–H and O–H groups in total. The Hall–Kier alpha value is -3.79. The molecule has 4 amide bonds. The Bertz CT molecular complexity index is 1090. The van der Waals surface area contributed by atoms with Crippen molar-refractivity contribution in [3.8, 4) is 0 Å². The number of benzene rings is 1. The maximum absolute atomic E-state index is 12.4. The first kappa shape index (κ1) is 20.9. The fourth-order valence-corrected chi connectivity index (χ4v) is 3.60. The summed E-state index contributed by atoms with van der Waals surface area (Å²) in [5.74, 6) is -3.20. The minimum atomic E-state index is -1.19. The highest BCUT2D eigenvalue weighted by molar-refractivity contribution is 7.14. The van der Waals surface area contributed by atoms with Gasteiger partial charge in [0.1, 0.15) is 5.00 Å². The van der Waals surface area contributed by atoms with Crippen molar-refractivity contribution in [2.75, 3.05) is 11.9 Å². The van der Waals surface area contributed by atoms with Gasteiger partial charge in [0.25, 0.3) is 23.6 Å². The highest BCUT2D eigenvalue weighted by atomic mass is 32.1. The molecular weight excluding hydrogens is 410 g/mol. The number of thiophene rings is 1. The lowest BCUT2D eigenvalue weighted by molar-refractivity contribution is -0.123. The minimum absolute atomic E-state index is 0.0175. The van der Waals surface area contributed by atoms with Crippen LogP contribution in [0.5, 0.6) is 0 Å². The van der Waals surface area contributed by atoms with Crippen LogP contribution in [0.2, 0.25) is 0 Å². The molecule has 3 rings (SSSR count). The van der Waals surface area contributed by atoms with Crippen LogP contribution < -0.4 is 11.1 Å². The fraction of sp³-hybridized carbons (Fsp3) is 0.150. The van der Waals surface area contributed by atoms with Gasteiger partial charge in [0.15, 0.2) is 6.10 Å². The van der Waals surface area contributed by atoms with Crippen molar-refractivity contribution in [1.82, 2.24) is 4.90 Å². The summed E-state index contributed by atoms with van der Waals surface area (Å²) in [6.45, 7) is 4.92. The molecule has 0 unspecified atom stereocenters. The number of hydrogen-bond acceptors (Lipinski definition) is 7. The van der Waals surface area contributed by atoms with E-state index in [-0.39, 0.29) is 33.8 Å². The monoisotopic (exact) mass is 427 g/mol. The van der Waals surface area contributed by atoms with Crippen LogP contribution in [0.4, 0.5) is 5.00 Å². The second-order valence-corrected chi connectivity index (χ2v) is 7.25. The summed E-state index contributed by atoms with van der Waals surface area (Å²) in [6, 6.07) is 5.44. The van der Waals surface area contributed by atoms with Crippen molar-refractivity contribution >= 4 is 45.9 Å². The summed E-state index contributed by atoms with van der Waals surface area (Å²) in [5, 5.41) is 4.33. The average Bonchev–Trinajstić information content (AvgIpc) is 3.26. The molecular formula is C20H17N3O6S. The molecule has 1 atom stereocenters. The van der Waals surface area contributed by atoms with Gasteiger partial charge < -0.3 is 15.8 Å². The Kier molecular flexibility index (Phi) is 5.79. The molecule has 0 aliphatic carbocycles. The molecule has 0 bridgehead atoms. The van der Waals surface area contributed by atoms with Crippen LogP contribution in [0, 0.1) is 0 Å². The summed E-state index contributed by atoms with van der Waals surface area (Å²) in [6.07, 6.45) is 0.233. The van der Waals surface area contributed by atoms with E-state index in [1.54, 1.807) is 5.38 Å². The van der Waals surface area contributed by atoms with Crippen molar-refractivity contribution in [2.24, 2.45) is 5.73 Å². The van der Waals surface area contributed by atoms with Gasteiger partial charge in [0, 0.05) is 6.54 Å². The number of imide groups is 1. The molecule has 0 saturated carbocycles. The molecule has 30 heavy (non-hydrogen) atoms. The Labute approximate surface area is 175 Å². The number of rotatable bonds is 7. The number of anilines is 1. The molecule has 0 radical (unpaired) electrons. The van der Waals surface area contributed by atoms with E-state index in [0.717, 1.165) is 16.2 Å². The number of carbonyl (C=O) groups is 5. The summed E-state index contributed by atoms with van der Waals surface area (Å²) >= 11 is 1.10. The smallest absolute Gasteiger partial charge is 0.338 e. The van der Waals surface area contributed by atoms with E-state index in [2.05, 4.69) is 11.9 Å². The minimum Gasteiger partial charge on any atom is -0.449 e. The standard InChI is InChI=1S/C20H17N3O6S/c1-3-7-23-18(26)12-5-4-11(9-14(12)19(23)27)20(28)29-10(2)16(25)22-17-13(15(21)24)6-8-30-17/h3-6,8-10H,1,7H2,2H3,(H2,21,24)(H,22,25)/t10-/m1/s1. The number of amides is 4. The molecule has 154 valence electrons. The third-order valence-electron chi connectivity index (χ3n) is 4.34. The molecule has 1 aromatic carbocycles. The van der Waals surface area contributed by atoms with E-state index >= 15 is 0 Å². The highest BCUT2D eigenvalue weighted by Gasteiger charge is 2.35. The number of ether oxygens (including phenoxy) is 1. The van der Waals surface area contributed by atoms with Crippen LogP contribution in [0.15, 0.2) is 42.3 Å². The number of hydrogen-bond donors (Lipinski definition) is 2. The van der Waals surface area contributed by atoms with Gasteiger partial charge in [0.2, 0.25) is 0 Å². The Morgan fingerprint density at radius 2 is 1.93 bits per heavy atom. The van der Waals surface area contributed by atoms with Crippen LogP contribution in [0.3, 0.4) is 0 Å². The quantitative estimate of drug-likeness (QED) is 0.393. The predicted octanol–water partition coefficient (Wildman–Crippen LogP) is 1.81. The van der Waals surface area contributed by atoms with Gasteiger partial charge >= 0.3 is 5.97 Å². The predicted molar refractivity (Wildman–Crippen MR) is 108 cm³/mol. The fourth-order valence-electron chi connectivity index (χ4n) is 2.81. The van der Waals surface area contributed by atoms with Gasteiger partial charge in [-0.2, -0.15) is 0 Å². The first-order chi connectivity index (χ1) is 14.2. The average molecular weight is 427 g/mol. The van der Waals surface area contributed by atoms with E-state index in [4.69, 9.17) is 10.5 Å². The number of nitrogens with two attached hydrogens (primary N) is 1. The topological polar surface area (TPSA) is 136 Å². The van der Waals surface area contributed by atoms with E-state index in [1.165, 1.54) is 37.3 Å². The molecule has 2 heterocycles. The number of primary amides is 1. The third-order valence-corrected chi connectivity index (χ3v) is 5.17. The van der Waals surface area contributed by atoms with Gasteiger partial charge in [-0.3, -0.25) is 24.1 Å². The summed E-state index contributed by atoms with van der Waals surface area (Å²) in [5.41, 5.74) is 5.66. The van der Waals surface area contributed by atoms with Gasteiger partial charge in [-0.25, -0.2) is 4.79 Å². The lowest BCUT2D eigenvalue weighted by Crippen LogP contribution is -2.30. The summed E-state index contributed by atoms with van der Waals surface area (Å²) < 4.78 is 5.15. The Balaban J connectivity index is 1.71. The van der Waals surface area contributed by atoms with Crippen LogP contribution in [-0.2, 0) is 9.53 Å². The van der Waals surface area contributed by atoms with Crippen molar-refractivity contribution in [3.05, 3.63) is 64.6 Å². The molecule has 1 aliphatic rings. The lowest BCUT2D eigenvalue weighted by Gasteiger charge is -2.13. The lowest BCUT2D eigenvalue weighted by atomic mass is 10.1. The van der Waals surface area contributed by atoms with Crippen LogP contribution in [0.25, 0.3) is 0 Å². The number of nitrogens with one attached hydrogen (secondary N) is 1. The third kappa shape index (κ3) is 3.85. The Morgan fingerprint density at radius 1 is 1.23 bits per heavy atom. The van der Waals surface area contributed by atoms with Crippen molar-refractivity contribution in [1.29, 1.82) is 0 Å². The Morgan fingerprint density at radius 3 is 2.60 bits per heavy atom. The maximum atomic E-state index is 12.4. The van der Waals surface area contributed by atoms with E-state index in [1.807, 2.05) is 0 Å². The number of carbonyl (C=O) groups excluding carboxylic acids is 5. The largest absolute Gasteiger partial charge is 0.449 e. The molecule has 1 aromatic heterocycles. The van der Waals surface area contributed by atoms with E-state index < -0.39 is 35.7 Å². The normalized spacial score (nSPS) is 13.6. The first-order valence-electron chi connectivity index (χ1n) is 8.74. The van der Waals surface area contributed by atoms with Gasteiger partial charge in [-0.05, 0) is 36.6 Å². The zero-order chi connectivity index (χ0) is 22.0. The molecule has 0 fully saturated rings. The number of nitrogens with zero attached hydrogens (tertiary/aromatic N) is 1. The van der Waals surface area contributed by atoms with Gasteiger partial charge in [-0.1, -0.05) is 6.08 Å². The van der Waals surface area contributed by atoms with Crippen molar-refractivity contribution in [2.45, 2.75) is 13.0 Å². The first-order valence-corrected chi connectivity index (χ1v) is 9.62. The maximum Gasteiger partial charge on any atom is 0.338 e. The molecule has 0 saturated heterocycles. The second-order valence-electron chi connectivity index (χ2n) is 6.33. The zero-order valence-corrected chi connectivity index (χ0v) is 16.7. The van der Waals surface area contributed by atoms with Crippen molar-refractivity contribution < 1.29 is 28.7 Å². The van der Waals surface area contributed by atoms with Gasteiger partial charge in [0.05, 0.1) is 22.3 Å². The van der Waals surface area contributed by atoms with E-state index in [0.29, 0.717) is 0 Å². The number of fused-ring (bicyclic) bond motifs is 1. The zero-order valence-electron chi connectivity index (χ0n) is 15.8. The molecule has 0 spiro atoms. The molecule has 1 aliphatic heterocycles. The second kappa shape index (κ2) is 8.29. The molecule has 9 nitrogen and oxygen atoms in total. The summed E-state index contributed by atoms with van der Waals surface area (Å²) in [4.78, 5) is 61.7. The number of esters is 1. The van der Waals surface area contributed by atoms with E-state index in [9.17, 15) is 24.0 Å². The summed E-state index contributed by atoms with van der Waals surface area (Å²) in [7, 11) is 0. The SMILES string of the molecule is C=CCN1C(=O)c2ccc(C(=O)O[C@H](C)C(=O)Nc3sccc3C(N)=O)cc2C1=O. The van der Waals surface area contributed by atoms with Gasteiger partial charge in [-0.15, -0.1) is 17.9 Å². The van der Waals surface area contributed by atoms with Crippen LogP contribution >= 0.6 is 11.3 Å². The van der Waals surface area contributed by atoms with Crippen molar-refractivity contribution in [3.63, 3.8) is 0 Å². The van der Waals surface area contributed by atoms with Crippen LogP contribution in [0.1, 0.15) is 48.4 Å². The molecule has 10 heteroatoms. The highest BCUT2D eigenvalue weighted by Crippen LogP contribution is 2.25. The van der Waals surface area contributed by atoms with Crippen LogP contribution in [-0.4, -0.2) is 47.1 Å².